The Kier molecular flexibility index (Phi) is 3.74. The van der Waals surface area contributed by atoms with Crippen molar-refractivity contribution in [2.24, 2.45) is 5.92 Å². The quantitative estimate of drug-likeness (QED) is 0.834. The summed E-state index contributed by atoms with van der Waals surface area (Å²) in [6, 6.07) is 5.93. The molecule has 3 rings (SSSR count). The van der Waals surface area contributed by atoms with Crippen LogP contribution in [0.25, 0.3) is 11.0 Å². The Labute approximate surface area is 113 Å². The van der Waals surface area contributed by atoms with Crippen molar-refractivity contribution in [1.29, 1.82) is 0 Å². The molecule has 1 aromatic heterocycles. The van der Waals surface area contributed by atoms with Gasteiger partial charge in [-0.3, -0.25) is 9.97 Å². The van der Waals surface area contributed by atoms with Crippen molar-refractivity contribution in [3.8, 4) is 0 Å². The molecule has 0 saturated heterocycles. The van der Waals surface area contributed by atoms with E-state index in [1.54, 1.807) is 12.4 Å². The van der Waals surface area contributed by atoms with Crippen molar-refractivity contribution < 1.29 is 5.11 Å². The first-order valence-corrected chi connectivity index (χ1v) is 7.23. The van der Waals surface area contributed by atoms with E-state index in [1.807, 2.05) is 18.2 Å². The zero-order valence-electron chi connectivity index (χ0n) is 11.1. The lowest BCUT2D eigenvalue weighted by Gasteiger charge is -2.21. The van der Waals surface area contributed by atoms with E-state index < -0.39 is 0 Å². The zero-order chi connectivity index (χ0) is 13.1. The summed E-state index contributed by atoms with van der Waals surface area (Å²) < 4.78 is 0. The van der Waals surface area contributed by atoms with Crippen molar-refractivity contribution >= 4 is 11.0 Å². The maximum Gasteiger partial charge on any atom is 0.0890 e. The van der Waals surface area contributed by atoms with Gasteiger partial charge in [-0.05, 0) is 36.5 Å². The predicted octanol–water partition coefficient (Wildman–Crippen LogP) is 3.63. The molecule has 0 spiro atoms. The Morgan fingerprint density at radius 3 is 2.37 bits per heavy atom. The minimum atomic E-state index is -0.357. The topological polar surface area (TPSA) is 46.0 Å². The minimum Gasteiger partial charge on any atom is -0.388 e. The third-order valence-corrected chi connectivity index (χ3v) is 4.18. The molecular weight excluding hydrogens is 236 g/mol. The van der Waals surface area contributed by atoms with Gasteiger partial charge in [0.2, 0.25) is 0 Å². The molecule has 2 aromatic rings. The molecule has 100 valence electrons. The number of hydrogen-bond donors (Lipinski definition) is 1. The van der Waals surface area contributed by atoms with Crippen LogP contribution in [-0.2, 0) is 0 Å². The molecule has 3 nitrogen and oxygen atoms in total. The van der Waals surface area contributed by atoms with Gasteiger partial charge in [-0.1, -0.05) is 31.7 Å². The summed E-state index contributed by atoms with van der Waals surface area (Å²) in [5, 5.41) is 10.6. The SMILES string of the molecule is OC(c1ccc2nccnc2c1)C1CCCCCC1. The van der Waals surface area contributed by atoms with Crippen molar-refractivity contribution in [3.05, 3.63) is 36.2 Å². The Morgan fingerprint density at radius 2 is 1.63 bits per heavy atom. The third kappa shape index (κ3) is 2.76. The number of nitrogens with zero attached hydrogens (tertiary/aromatic N) is 2. The van der Waals surface area contributed by atoms with Crippen LogP contribution in [0.2, 0.25) is 0 Å². The second kappa shape index (κ2) is 5.66. The summed E-state index contributed by atoms with van der Waals surface area (Å²) in [4.78, 5) is 8.58. The number of benzene rings is 1. The number of aliphatic hydroxyl groups is 1. The van der Waals surface area contributed by atoms with E-state index in [0.29, 0.717) is 5.92 Å². The number of aromatic nitrogens is 2. The summed E-state index contributed by atoms with van der Waals surface area (Å²) in [5.41, 5.74) is 2.74. The van der Waals surface area contributed by atoms with Gasteiger partial charge in [-0.15, -0.1) is 0 Å². The first kappa shape index (κ1) is 12.5. The highest BCUT2D eigenvalue weighted by molar-refractivity contribution is 5.74. The standard InChI is InChI=1S/C16H20N2O/c19-16(12-5-3-1-2-4-6-12)13-7-8-14-15(11-13)18-10-9-17-14/h7-12,16,19H,1-6H2. The molecule has 1 aliphatic rings. The van der Waals surface area contributed by atoms with E-state index in [1.165, 1.54) is 25.7 Å². The molecule has 3 heteroatoms. The van der Waals surface area contributed by atoms with Crippen LogP contribution in [0.15, 0.2) is 30.6 Å². The van der Waals surface area contributed by atoms with Gasteiger partial charge < -0.3 is 5.11 Å². The van der Waals surface area contributed by atoms with Crippen LogP contribution in [0, 0.1) is 5.92 Å². The fraction of sp³-hybridized carbons (Fsp3) is 0.500. The molecule has 1 fully saturated rings. The normalized spacial score (nSPS) is 19.2. The van der Waals surface area contributed by atoms with E-state index >= 15 is 0 Å². The summed E-state index contributed by atoms with van der Waals surface area (Å²) in [7, 11) is 0. The Bertz CT molecular complexity index is 547. The highest BCUT2D eigenvalue weighted by Gasteiger charge is 2.22. The monoisotopic (exact) mass is 256 g/mol. The Hall–Kier alpha value is -1.48. The lowest BCUT2D eigenvalue weighted by Crippen LogP contribution is -2.12. The largest absolute Gasteiger partial charge is 0.388 e. The summed E-state index contributed by atoms with van der Waals surface area (Å²) in [6.45, 7) is 0. The minimum absolute atomic E-state index is 0.357. The maximum absolute atomic E-state index is 10.6. The van der Waals surface area contributed by atoms with E-state index in [9.17, 15) is 5.11 Å². The van der Waals surface area contributed by atoms with Crippen LogP contribution in [0.3, 0.4) is 0 Å². The lowest BCUT2D eigenvalue weighted by atomic mass is 9.89. The zero-order valence-corrected chi connectivity index (χ0v) is 11.1. The molecular formula is C16H20N2O. The number of aliphatic hydroxyl groups excluding tert-OH is 1. The van der Waals surface area contributed by atoms with E-state index in [0.717, 1.165) is 29.4 Å². The van der Waals surface area contributed by atoms with Crippen molar-refractivity contribution in [2.45, 2.75) is 44.6 Å². The van der Waals surface area contributed by atoms with Gasteiger partial charge >= 0.3 is 0 Å². The second-order valence-electron chi connectivity index (χ2n) is 5.50. The molecule has 1 unspecified atom stereocenters. The molecule has 0 radical (unpaired) electrons. The highest BCUT2D eigenvalue weighted by atomic mass is 16.3. The molecule has 0 bridgehead atoms. The first-order valence-electron chi connectivity index (χ1n) is 7.23. The fourth-order valence-electron chi connectivity index (χ4n) is 3.06. The lowest BCUT2D eigenvalue weighted by molar-refractivity contribution is 0.0989. The van der Waals surface area contributed by atoms with Crippen molar-refractivity contribution in [3.63, 3.8) is 0 Å². The molecule has 0 aliphatic heterocycles. The van der Waals surface area contributed by atoms with Gasteiger partial charge in [0.1, 0.15) is 0 Å². The molecule has 1 heterocycles. The van der Waals surface area contributed by atoms with E-state index in [4.69, 9.17) is 0 Å². The van der Waals surface area contributed by atoms with Crippen molar-refractivity contribution in [2.75, 3.05) is 0 Å². The van der Waals surface area contributed by atoms with Gasteiger partial charge in [0.25, 0.3) is 0 Å². The van der Waals surface area contributed by atoms with Gasteiger partial charge in [-0.25, -0.2) is 0 Å². The van der Waals surface area contributed by atoms with Crippen molar-refractivity contribution in [1.82, 2.24) is 9.97 Å². The molecule has 1 atom stereocenters. The highest BCUT2D eigenvalue weighted by Crippen LogP contribution is 2.33. The van der Waals surface area contributed by atoms with Crippen LogP contribution in [0.4, 0.5) is 0 Å². The molecule has 1 saturated carbocycles. The second-order valence-corrected chi connectivity index (χ2v) is 5.50. The molecule has 1 N–H and O–H groups in total. The maximum atomic E-state index is 10.6. The summed E-state index contributed by atoms with van der Waals surface area (Å²) in [5.74, 6) is 0.400. The van der Waals surface area contributed by atoms with Gasteiger partial charge in [0, 0.05) is 12.4 Å². The number of hydrogen-bond acceptors (Lipinski definition) is 3. The molecule has 0 amide bonds. The summed E-state index contributed by atoms with van der Waals surface area (Å²) >= 11 is 0. The van der Waals surface area contributed by atoms with Crippen LogP contribution in [-0.4, -0.2) is 15.1 Å². The molecule has 1 aliphatic carbocycles. The van der Waals surface area contributed by atoms with E-state index in [-0.39, 0.29) is 6.10 Å². The van der Waals surface area contributed by atoms with Crippen LogP contribution in [0.1, 0.15) is 50.2 Å². The van der Waals surface area contributed by atoms with Gasteiger partial charge in [0.15, 0.2) is 0 Å². The smallest absolute Gasteiger partial charge is 0.0890 e. The molecule has 1 aromatic carbocycles. The van der Waals surface area contributed by atoms with E-state index in [2.05, 4.69) is 9.97 Å². The third-order valence-electron chi connectivity index (χ3n) is 4.18. The van der Waals surface area contributed by atoms with Crippen LogP contribution in [0.5, 0.6) is 0 Å². The van der Waals surface area contributed by atoms with Crippen LogP contribution >= 0.6 is 0 Å². The average Bonchev–Trinajstić information content (AvgIpc) is 2.75. The fourth-order valence-corrected chi connectivity index (χ4v) is 3.06. The molecule has 19 heavy (non-hydrogen) atoms. The predicted molar refractivity (Wildman–Crippen MR) is 75.7 cm³/mol. The first-order chi connectivity index (χ1) is 9.34. The number of fused-ring (bicyclic) bond motifs is 1. The Balaban J connectivity index is 1.85. The Morgan fingerprint density at radius 1 is 0.947 bits per heavy atom. The van der Waals surface area contributed by atoms with Gasteiger partial charge in [-0.2, -0.15) is 0 Å². The number of rotatable bonds is 2. The van der Waals surface area contributed by atoms with Crippen LogP contribution < -0.4 is 0 Å². The van der Waals surface area contributed by atoms with Gasteiger partial charge in [0.05, 0.1) is 17.1 Å². The average molecular weight is 256 g/mol. The summed E-state index contributed by atoms with van der Waals surface area (Å²) in [6.07, 6.45) is 10.4.